The van der Waals surface area contributed by atoms with Crippen molar-refractivity contribution in [3.05, 3.63) is 34.3 Å². The van der Waals surface area contributed by atoms with Crippen molar-refractivity contribution < 1.29 is 14.3 Å². The molecule has 1 aromatic carbocycles. The van der Waals surface area contributed by atoms with Gasteiger partial charge in [-0.25, -0.2) is 9.69 Å². The molecule has 0 saturated carbocycles. The van der Waals surface area contributed by atoms with Gasteiger partial charge in [0.1, 0.15) is 0 Å². The Kier molecular flexibility index (Phi) is 4.04. The summed E-state index contributed by atoms with van der Waals surface area (Å²) in [6.45, 7) is 2.39. The molecule has 1 atom stereocenters. The van der Waals surface area contributed by atoms with E-state index in [9.17, 15) is 4.79 Å². The molecule has 1 amide bonds. The second-order valence-corrected chi connectivity index (χ2v) is 4.65. The predicted octanol–water partition coefficient (Wildman–Crippen LogP) is 3.37. The van der Waals surface area contributed by atoms with E-state index in [-0.39, 0.29) is 0 Å². The molecular weight excluding hydrogens is 298 g/mol. The maximum atomic E-state index is 11.9. The number of methoxy groups -OCH3 is 1. The molecule has 0 spiro atoms. The van der Waals surface area contributed by atoms with Crippen LogP contribution in [0.15, 0.2) is 28.7 Å². The Morgan fingerprint density at radius 3 is 2.83 bits per heavy atom. The SMILES string of the molecule is CCO[C@@H]1C(Br)=Cc2ccccc2N1C(=O)OC. The third kappa shape index (κ3) is 2.28. The van der Waals surface area contributed by atoms with Crippen molar-refractivity contribution in [2.75, 3.05) is 18.6 Å². The average molecular weight is 312 g/mol. The Bertz CT molecular complexity index is 487. The normalized spacial score (nSPS) is 18.1. The van der Waals surface area contributed by atoms with Gasteiger partial charge in [-0.15, -0.1) is 0 Å². The maximum Gasteiger partial charge on any atom is 0.416 e. The van der Waals surface area contributed by atoms with Gasteiger partial charge in [0.15, 0.2) is 6.23 Å². The number of anilines is 1. The molecule has 1 heterocycles. The van der Waals surface area contributed by atoms with E-state index in [0.717, 1.165) is 15.7 Å². The van der Waals surface area contributed by atoms with Crippen LogP contribution in [0.2, 0.25) is 0 Å². The number of nitrogens with zero attached hydrogens (tertiary/aromatic N) is 1. The van der Waals surface area contributed by atoms with E-state index in [1.165, 1.54) is 12.0 Å². The predicted molar refractivity (Wildman–Crippen MR) is 73.6 cm³/mol. The van der Waals surface area contributed by atoms with E-state index in [2.05, 4.69) is 15.9 Å². The Morgan fingerprint density at radius 1 is 1.44 bits per heavy atom. The number of para-hydroxylation sites is 1. The first kappa shape index (κ1) is 13.1. The summed E-state index contributed by atoms with van der Waals surface area (Å²) in [6, 6.07) is 7.61. The summed E-state index contributed by atoms with van der Waals surface area (Å²) < 4.78 is 11.2. The molecule has 1 aliphatic heterocycles. The van der Waals surface area contributed by atoms with E-state index in [1.807, 2.05) is 37.3 Å². The number of amides is 1. The molecule has 0 radical (unpaired) electrons. The molecule has 0 aliphatic carbocycles. The van der Waals surface area contributed by atoms with Crippen molar-refractivity contribution in [1.82, 2.24) is 0 Å². The molecular formula is C13H14BrNO3. The van der Waals surface area contributed by atoms with Gasteiger partial charge in [0.2, 0.25) is 0 Å². The molecule has 18 heavy (non-hydrogen) atoms. The van der Waals surface area contributed by atoms with Crippen LogP contribution in [0.1, 0.15) is 12.5 Å². The zero-order chi connectivity index (χ0) is 13.1. The van der Waals surface area contributed by atoms with Crippen molar-refractivity contribution in [3.63, 3.8) is 0 Å². The molecule has 5 heteroatoms. The zero-order valence-electron chi connectivity index (χ0n) is 10.2. The summed E-state index contributed by atoms with van der Waals surface area (Å²) >= 11 is 3.45. The molecule has 0 aromatic heterocycles. The van der Waals surface area contributed by atoms with Crippen LogP contribution in [-0.4, -0.2) is 26.0 Å². The Hall–Kier alpha value is -1.33. The molecule has 1 aromatic rings. The average Bonchev–Trinajstić information content (AvgIpc) is 2.39. The Labute approximate surface area is 114 Å². The van der Waals surface area contributed by atoms with Crippen molar-refractivity contribution in [1.29, 1.82) is 0 Å². The highest BCUT2D eigenvalue weighted by Crippen LogP contribution is 2.35. The standard InChI is InChI=1S/C13H14BrNO3/c1-3-18-12-10(14)8-9-6-4-5-7-11(9)15(12)13(16)17-2/h4-8,12H,3H2,1-2H3/t12-/m1/s1. The quantitative estimate of drug-likeness (QED) is 0.840. The molecule has 96 valence electrons. The van der Waals surface area contributed by atoms with E-state index < -0.39 is 12.3 Å². The number of carbonyl (C=O) groups is 1. The van der Waals surface area contributed by atoms with Gasteiger partial charge in [0.25, 0.3) is 0 Å². The third-order valence-electron chi connectivity index (χ3n) is 2.66. The van der Waals surface area contributed by atoms with Gasteiger partial charge in [-0.2, -0.15) is 0 Å². The molecule has 0 unspecified atom stereocenters. The van der Waals surface area contributed by atoms with Crippen molar-refractivity contribution in [2.45, 2.75) is 13.2 Å². The largest absolute Gasteiger partial charge is 0.452 e. The van der Waals surface area contributed by atoms with Crippen LogP contribution in [0.3, 0.4) is 0 Å². The number of rotatable bonds is 2. The highest BCUT2D eigenvalue weighted by Gasteiger charge is 2.33. The summed E-state index contributed by atoms with van der Waals surface area (Å²) in [5, 5.41) is 0. The smallest absolute Gasteiger partial charge is 0.416 e. The van der Waals surface area contributed by atoms with E-state index >= 15 is 0 Å². The van der Waals surface area contributed by atoms with Crippen molar-refractivity contribution in [3.8, 4) is 0 Å². The highest BCUT2D eigenvalue weighted by atomic mass is 79.9. The number of fused-ring (bicyclic) bond motifs is 1. The number of carbonyl (C=O) groups excluding carboxylic acids is 1. The topological polar surface area (TPSA) is 38.8 Å². The summed E-state index contributed by atoms with van der Waals surface area (Å²) in [6.07, 6.45) is 1.04. The molecule has 4 nitrogen and oxygen atoms in total. The minimum absolute atomic E-state index is 0.439. The van der Waals surface area contributed by atoms with Crippen LogP contribution < -0.4 is 4.90 Å². The molecule has 0 saturated heterocycles. The first-order chi connectivity index (χ1) is 8.69. The molecule has 0 N–H and O–H groups in total. The fourth-order valence-corrected chi connectivity index (χ4v) is 2.49. The van der Waals surface area contributed by atoms with Gasteiger partial charge in [0.05, 0.1) is 12.8 Å². The van der Waals surface area contributed by atoms with Gasteiger partial charge in [-0.1, -0.05) is 34.1 Å². The van der Waals surface area contributed by atoms with Gasteiger partial charge in [-0.05, 0) is 24.6 Å². The van der Waals surface area contributed by atoms with Crippen molar-refractivity contribution >= 4 is 33.8 Å². The van der Waals surface area contributed by atoms with Gasteiger partial charge < -0.3 is 9.47 Å². The first-order valence-electron chi connectivity index (χ1n) is 5.64. The lowest BCUT2D eigenvalue weighted by Crippen LogP contribution is -2.44. The summed E-state index contributed by atoms with van der Waals surface area (Å²) in [5.74, 6) is 0. The van der Waals surface area contributed by atoms with E-state index in [4.69, 9.17) is 9.47 Å². The molecule has 0 bridgehead atoms. The lowest BCUT2D eigenvalue weighted by molar-refractivity contribution is 0.0848. The maximum absolute atomic E-state index is 11.9. The van der Waals surface area contributed by atoms with E-state index in [0.29, 0.717) is 6.61 Å². The van der Waals surface area contributed by atoms with Crippen LogP contribution in [0.25, 0.3) is 6.08 Å². The Balaban J connectivity index is 2.49. The zero-order valence-corrected chi connectivity index (χ0v) is 11.8. The third-order valence-corrected chi connectivity index (χ3v) is 3.28. The number of hydrogen-bond donors (Lipinski definition) is 0. The molecule has 1 aliphatic rings. The number of halogens is 1. The number of ether oxygens (including phenoxy) is 2. The van der Waals surface area contributed by atoms with Gasteiger partial charge in [-0.3, -0.25) is 0 Å². The fourth-order valence-electron chi connectivity index (χ4n) is 1.90. The van der Waals surface area contributed by atoms with Gasteiger partial charge in [0, 0.05) is 11.1 Å². The second kappa shape index (κ2) is 5.54. The number of benzene rings is 1. The van der Waals surface area contributed by atoms with Crippen LogP contribution in [0, 0.1) is 0 Å². The summed E-state index contributed by atoms with van der Waals surface area (Å²) in [7, 11) is 1.36. The lowest BCUT2D eigenvalue weighted by atomic mass is 10.1. The molecule has 2 rings (SSSR count). The highest BCUT2D eigenvalue weighted by molar-refractivity contribution is 9.11. The monoisotopic (exact) mass is 311 g/mol. The summed E-state index contributed by atoms with van der Waals surface area (Å²) in [4.78, 5) is 13.4. The Morgan fingerprint density at radius 2 is 2.17 bits per heavy atom. The molecule has 0 fully saturated rings. The summed E-state index contributed by atoms with van der Waals surface area (Å²) in [5.41, 5.74) is 1.73. The van der Waals surface area contributed by atoms with Crippen LogP contribution in [-0.2, 0) is 9.47 Å². The van der Waals surface area contributed by atoms with Gasteiger partial charge >= 0.3 is 6.09 Å². The minimum Gasteiger partial charge on any atom is -0.452 e. The lowest BCUT2D eigenvalue weighted by Gasteiger charge is -2.34. The van der Waals surface area contributed by atoms with Crippen molar-refractivity contribution in [2.24, 2.45) is 0 Å². The second-order valence-electron chi connectivity index (χ2n) is 3.74. The van der Waals surface area contributed by atoms with Crippen LogP contribution >= 0.6 is 15.9 Å². The van der Waals surface area contributed by atoms with E-state index in [1.54, 1.807) is 0 Å². The number of hydrogen-bond acceptors (Lipinski definition) is 3. The first-order valence-corrected chi connectivity index (χ1v) is 6.43. The minimum atomic E-state index is -0.475. The van der Waals surface area contributed by atoms with Crippen LogP contribution in [0.4, 0.5) is 10.5 Å². The van der Waals surface area contributed by atoms with Crippen LogP contribution in [0.5, 0.6) is 0 Å². The fraction of sp³-hybridized carbons (Fsp3) is 0.308.